The van der Waals surface area contributed by atoms with Crippen LogP contribution in [0.4, 0.5) is 11.6 Å². The zero-order chi connectivity index (χ0) is 10.7. The highest BCUT2D eigenvalue weighted by Crippen LogP contribution is 2.27. The van der Waals surface area contributed by atoms with Crippen molar-refractivity contribution in [2.24, 2.45) is 5.92 Å². The van der Waals surface area contributed by atoms with Crippen LogP contribution in [0.5, 0.6) is 0 Å². The number of rotatable bonds is 4. The monoisotopic (exact) mass is 206 g/mol. The maximum absolute atomic E-state index is 4.26. The normalized spacial score (nSPS) is 15.9. The summed E-state index contributed by atoms with van der Waals surface area (Å²) < 4.78 is 0. The van der Waals surface area contributed by atoms with Crippen LogP contribution in [0.15, 0.2) is 6.33 Å². The SMILES string of the molecule is CNc1ncnc(NCC2CCC2)c1C. The lowest BCUT2D eigenvalue weighted by Gasteiger charge is -2.26. The summed E-state index contributed by atoms with van der Waals surface area (Å²) in [4.78, 5) is 8.41. The van der Waals surface area contributed by atoms with Crippen LogP contribution in [0.25, 0.3) is 0 Å². The topological polar surface area (TPSA) is 49.8 Å². The minimum Gasteiger partial charge on any atom is -0.373 e. The van der Waals surface area contributed by atoms with Crippen molar-refractivity contribution in [2.75, 3.05) is 24.2 Å². The van der Waals surface area contributed by atoms with Crippen molar-refractivity contribution in [3.05, 3.63) is 11.9 Å². The minimum absolute atomic E-state index is 0.845. The van der Waals surface area contributed by atoms with Crippen molar-refractivity contribution in [1.82, 2.24) is 9.97 Å². The first-order valence-electron chi connectivity index (χ1n) is 5.54. The van der Waals surface area contributed by atoms with E-state index in [1.807, 2.05) is 14.0 Å². The summed E-state index contributed by atoms with van der Waals surface area (Å²) in [5.74, 6) is 2.71. The van der Waals surface area contributed by atoms with Crippen LogP contribution >= 0.6 is 0 Å². The molecule has 1 heterocycles. The first kappa shape index (κ1) is 10.2. The second-order valence-electron chi connectivity index (χ2n) is 4.12. The molecule has 4 nitrogen and oxygen atoms in total. The Morgan fingerprint density at radius 3 is 2.67 bits per heavy atom. The largest absolute Gasteiger partial charge is 0.373 e. The highest BCUT2D eigenvalue weighted by Gasteiger charge is 2.17. The Morgan fingerprint density at radius 2 is 2.07 bits per heavy atom. The van der Waals surface area contributed by atoms with E-state index in [-0.39, 0.29) is 0 Å². The third kappa shape index (κ3) is 2.19. The molecule has 15 heavy (non-hydrogen) atoms. The summed E-state index contributed by atoms with van der Waals surface area (Å²) in [6, 6.07) is 0. The van der Waals surface area contributed by atoms with Gasteiger partial charge in [-0.2, -0.15) is 0 Å². The van der Waals surface area contributed by atoms with Gasteiger partial charge in [-0.15, -0.1) is 0 Å². The quantitative estimate of drug-likeness (QED) is 0.791. The molecule has 0 saturated heterocycles. The molecule has 4 heteroatoms. The van der Waals surface area contributed by atoms with Crippen molar-refractivity contribution in [3.63, 3.8) is 0 Å². The van der Waals surface area contributed by atoms with E-state index < -0.39 is 0 Å². The van der Waals surface area contributed by atoms with Gasteiger partial charge in [-0.25, -0.2) is 9.97 Å². The summed E-state index contributed by atoms with van der Waals surface area (Å²) in [5, 5.41) is 6.46. The van der Waals surface area contributed by atoms with Crippen LogP contribution in [0.1, 0.15) is 24.8 Å². The van der Waals surface area contributed by atoms with Gasteiger partial charge in [0, 0.05) is 19.2 Å². The predicted octanol–water partition coefficient (Wildman–Crippen LogP) is 2.04. The lowest BCUT2D eigenvalue weighted by Crippen LogP contribution is -2.21. The summed E-state index contributed by atoms with van der Waals surface area (Å²) >= 11 is 0. The van der Waals surface area contributed by atoms with Crippen molar-refractivity contribution >= 4 is 11.6 Å². The van der Waals surface area contributed by atoms with Crippen LogP contribution in [-0.2, 0) is 0 Å². The van der Waals surface area contributed by atoms with Gasteiger partial charge in [0.2, 0.25) is 0 Å². The number of aromatic nitrogens is 2. The van der Waals surface area contributed by atoms with Crippen LogP contribution in [0.3, 0.4) is 0 Å². The predicted molar refractivity (Wildman–Crippen MR) is 62.1 cm³/mol. The molecule has 1 aromatic rings. The van der Waals surface area contributed by atoms with Gasteiger partial charge in [-0.05, 0) is 25.7 Å². The Morgan fingerprint density at radius 1 is 1.33 bits per heavy atom. The van der Waals surface area contributed by atoms with Crippen molar-refractivity contribution in [1.29, 1.82) is 0 Å². The molecule has 0 bridgehead atoms. The lowest BCUT2D eigenvalue weighted by atomic mass is 9.85. The third-order valence-corrected chi connectivity index (χ3v) is 3.10. The van der Waals surface area contributed by atoms with Crippen molar-refractivity contribution in [3.8, 4) is 0 Å². The number of nitrogens with one attached hydrogen (secondary N) is 2. The summed E-state index contributed by atoms with van der Waals surface area (Å²) in [7, 11) is 1.88. The van der Waals surface area contributed by atoms with Crippen LogP contribution in [0, 0.1) is 12.8 Å². The first-order chi connectivity index (χ1) is 7.31. The second-order valence-corrected chi connectivity index (χ2v) is 4.12. The van der Waals surface area contributed by atoms with E-state index in [0.717, 1.165) is 29.7 Å². The Kier molecular flexibility index (Phi) is 3.04. The Bertz CT molecular complexity index is 333. The van der Waals surface area contributed by atoms with E-state index in [1.54, 1.807) is 6.33 Å². The molecule has 1 fully saturated rings. The molecule has 1 aromatic heterocycles. The highest BCUT2D eigenvalue weighted by atomic mass is 15.1. The molecule has 82 valence electrons. The van der Waals surface area contributed by atoms with Gasteiger partial charge >= 0.3 is 0 Å². The van der Waals surface area contributed by atoms with E-state index in [1.165, 1.54) is 19.3 Å². The van der Waals surface area contributed by atoms with Crippen molar-refractivity contribution < 1.29 is 0 Å². The standard InChI is InChI=1S/C11H18N4/c1-8-10(12-2)14-7-15-11(8)13-6-9-4-3-5-9/h7,9H,3-6H2,1-2H3,(H2,12,13,14,15). The Labute approximate surface area is 90.5 Å². The third-order valence-electron chi connectivity index (χ3n) is 3.10. The van der Waals surface area contributed by atoms with E-state index >= 15 is 0 Å². The van der Waals surface area contributed by atoms with Gasteiger partial charge in [0.05, 0.1) is 0 Å². The van der Waals surface area contributed by atoms with Gasteiger partial charge in [0.15, 0.2) is 0 Å². The molecule has 0 aromatic carbocycles. The molecule has 1 saturated carbocycles. The number of hydrogen-bond donors (Lipinski definition) is 2. The maximum atomic E-state index is 4.26. The Hall–Kier alpha value is -1.32. The van der Waals surface area contributed by atoms with E-state index in [9.17, 15) is 0 Å². The summed E-state index contributed by atoms with van der Waals surface area (Å²) in [5.41, 5.74) is 1.10. The Balaban J connectivity index is 2.00. The average Bonchev–Trinajstić information content (AvgIpc) is 2.18. The zero-order valence-corrected chi connectivity index (χ0v) is 9.38. The zero-order valence-electron chi connectivity index (χ0n) is 9.38. The number of hydrogen-bond acceptors (Lipinski definition) is 4. The molecule has 0 atom stereocenters. The molecule has 0 unspecified atom stereocenters. The fourth-order valence-electron chi connectivity index (χ4n) is 1.82. The second kappa shape index (κ2) is 4.47. The molecular weight excluding hydrogens is 188 g/mol. The van der Waals surface area contributed by atoms with Gasteiger partial charge in [0.25, 0.3) is 0 Å². The smallest absolute Gasteiger partial charge is 0.134 e. The summed E-state index contributed by atoms with van der Waals surface area (Å²) in [6.45, 7) is 3.08. The molecule has 0 spiro atoms. The van der Waals surface area contributed by atoms with Crippen LogP contribution < -0.4 is 10.6 Å². The lowest BCUT2D eigenvalue weighted by molar-refractivity contribution is 0.333. The molecule has 0 aliphatic heterocycles. The van der Waals surface area contributed by atoms with Gasteiger partial charge in [-0.1, -0.05) is 6.42 Å². The summed E-state index contributed by atoms with van der Waals surface area (Å²) in [6.07, 6.45) is 5.70. The highest BCUT2D eigenvalue weighted by molar-refractivity contribution is 5.56. The number of nitrogens with zero attached hydrogens (tertiary/aromatic N) is 2. The van der Waals surface area contributed by atoms with Gasteiger partial charge in [0.1, 0.15) is 18.0 Å². The minimum atomic E-state index is 0.845. The van der Waals surface area contributed by atoms with E-state index in [0.29, 0.717) is 0 Å². The van der Waals surface area contributed by atoms with Crippen LogP contribution in [-0.4, -0.2) is 23.6 Å². The molecule has 1 aliphatic carbocycles. The average molecular weight is 206 g/mol. The van der Waals surface area contributed by atoms with Gasteiger partial charge < -0.3 is 10.6 Å². The molecular formula is C11H18N4. The molecule has 2 N–H and O–H groups in total. The molecule has 0 radical (unpaired) electrons. The van der Waals surface area contributed by atoms with Crippen molar-refractivity contribution in [2.45, 2.75) is 26.2 Å². The number of anilines is 2. The molecule has 1 aliphatic rings. The maximum Gasteiger partial charge on any atom is 0.134 e. The van der Waals surface area contributed by atoms with Crippen LogP contribution in [0.2, 0.25) is 0 Å². The fourth-order valence-corrected chi connectivity index (χ4v) is 1.82. The fraction of sp³-hybridized carbons (Fsp3) is 0.636. The molecule has 0 amide bonds. The first-order valence-corrected chi connectivity index (χ1v) is 5.54. The molecule has 2 rings (SSSR count). The van der Waals surface area contributed by atoms with E-state index in [4.69, 9.17) is 0 Å². The van der Waals surface area contributed by atoms with Gasteiger partial charge in [-0.3, -0.25) is 0 Å². The van der Waals surface area contributed by atoms with E-state index in [2.05, 4.69) is 20.6 Å².